The van der Waals surface area contributed by atoms with Crippen molar-refractivity contribution < 1.29 is 4.79 Å². The summed E-state index contributed by atoms with van der Waals surface area (Å²) in [5.74, 6) is -0.00696. The Bertz CT molecular complexity index is 716. The van der Waals surface area contributed by atoms with E-state index in [1.165, 1.54) is 16.9 Å². The van der Waals surface area contributed by atoms with E-state index >= 15 is 0 Å². The normalized spacial score (nSPS) is 12.2. The number of nitrogens with zero attached hydrogens (tertiary/aromatic N) is 2. The number of nitrogens with one attached hydrogen (secondary N) is 1. The molecule has 0 spiro atoms. The summed E-state index contributed by atoms with van der Waals surface area (Å²) < 4.78 is 0. The van der Waals surface area contributed by atoms with Crippen LogP contribution in [0.5, 0.6) is 0 Å². The smallest absolute Gasteiger partial charge is 0.261 e. The molecule has 0 saturated carbocycles. The largest absolute Gasteiger partial charge is 0.349 e. The van der Waals surface area contributed by atoms with Crippen LogP contribution in [-0.2, 0) is 0 Å². The summed E-state index contributed by atoms with van der Waals surface area (Å²) in [5, 5.41) is 4.18. The molecule has 0 radical (unpaired) electrons. The number of aryl methyl sites for hydroxylation is 3. The van der Waals surface area contributed by atoms with Gasteiger partial charge in [0.25, 0.3) is 5.91 Å². The molecular formula is C17H25N3OS. The first kappa shape index (κ1) is 16.9. The molecule has 2 aromatic heterocycles. The minimum atomic E-state index is -0.0784. The van der Waals surface area contributed by atoms with E-state index in [2.05, 4.69) is 42.0 Å². The molecule has 2 aromatic rings. The van der Waals surface area contributed by atoms with Gasteiger partial charge >= 0.3 is 0 Å². The first-order valence-electron chi connectivity index (χ1n) is 7.46. The molecule has 0 saturated heterocycles. The van der Waals surface area contributed by atoms with Gasteiger partial charge in [-0.3, -0.25) is 4.79 Å². The van der Waals surface area contributed by atoms with Gasteiger partial charge in [-0.05, 0) is 65.9 Å². The van der Waals surface area contributed by atoms with E-state index in [0.717, 1.165) is 26.4 Å². The van der Waals surface area contributed by atoms with Crippen molar-refractivity contribution in [3.8, 4) is 0 Å². The number of hydrogen-bond donors (Lipinski definition) is 1. The van der Waals surface area contributed by atoms with Gasteiger partial charge in [0.15, 0.2) is 0 Å². The Labute approximate surface area is 136 Å². The molecule has 5 heteroatoms. The number of amides is 1. The highest BCUT2D eigenvalue weighted by molar-refractivity contribution is 7.20. The summed E-state index contributed by atoms with van der Waals surface area (Å²) in [4.78, 5) is 21.0. The number of carbonyl (C=O) groups is 1. The number of thiophene rings is 1. The zero-order chi connectivity index (χ0) is 16.7. The van der Waals surface area contributed by atoms with Gasteiger partial charge < -0.3 is 10.2 Å². The monoisotopic (exact) mass is 319 g/mol. The zero-order valence-electron chi connectivity index (χ0n) is 14.5. The third kappa shape index (κ3) is 3.15. The van der Waals surface area contributed by atoms with Gasteiger partial charge in [0.2, 0.25) is 0 Å². The van der Waals surface area contributed by atoms with E-state index in [-0.39, 0.29) is 11.4 Å². The predicted molar refractivity (Wildman–Crippen MR) is 93.9 cm³/mol. The predicted octanol–water partition coefficient (Wildman–Crippen LogP) is 3.29. The first-order valence-corrected chi connectivity index (χ1v) is 8.28. The molecule has 0 aliphatic carbocycles. The number of hydrogen-bond acceptors (Lipinski definition) is 4. The fourth-order valence-corrected chi connectivity index (χ4v) is 3.59. The van der Waals surface area contributed by atoms with Crippen molar-refractivity contribution in [3.05, 3.63) is 27.8 Å². The lowest BCUT2D eigenvalue weighted by atomic mass is 10.0. The van der Waals surface area contributed by atoms with E-state index in [4.69, 9.17) is 0 Å². The van der Waals surface area contributed by atoms with Gasteiger partial charge in [-0.25, -0.2) is 4.98 Å². The maximum Gasteiger partial charge on any atom is 0.261 e. The van der Waals surface area contributed by atoms with Crippen LogP contribution in [0, 0.1) is 20.8 Å². The third-order valence-corrected chi connectivity index (χ3v) is 5.51. The van der Waals surface area contributed by atoms with Crippen LogP contribution < -0.4 is 5.32 Å². The summed E-state index contributed by atoms with van der Waals surface area (Å²) in [5.41, 5.74) is 3.13. The average Bonchev–Trinajstić information content (AvgIpc) is 2.73. The first-order chi connectivity index (χ1) is 10.1. The second-order valence-electron chi connectivity index (χ2n) is 6.71. The van der Waals surface area contributed by atoms with Crippen molar-refractivity contribution in [2.24, 2.45) is 0 Å². The van der Waals surface area contributed by atoms with E-state index in [1.54, 1.807) is 0 Å². The molecule has 0 aliphatic heterocycles. The summed E-state index contributed by atoms with van der Waals surface area (Å²) >= 11 is 1.48. The molecule has 2 heterocycles. The highest BCUT2D eigenvalue weighted by Gasteiger charge is 2.23. The maximum absolute atomic E-state index is 12.6. The summed E-state index contributed by atoms with van der Waals surface area (Å²) in [6.07, 6.45) is 0. The van der Waals surface area contributed by atoms with Gasteiger partial charge in [0, 0.05) is 23.2 Å². The fraction of sp³-hybridized carbons (Fsp3) is 0.529. The zero-order valence-corrected chi connectivity index (χ0v) is 15.3. The van der Waals surface area contributed by atoms with Gasteiger partial charge in [-0.15, -0.1) is 11.3 Å². The van der Waals surface area contributed by atoms with Crippen molar-refractivity contribution >= 4 is 27.5 Å². The Morgan fingerprint density at radius 3 is 2.55 bits per heavy atom. The molecule has 0 aliphatic rings. The number of likely N-dealkylation sites (N-methyl/N-ethyl adjacent to an activating group) is 1. The minimum Gasteiger partial charge on any atom is -0.349 e. The lowest BCUT2D eigenvalue weighted by Gasteiger charge is -2.32. The van der Waals surface area contributed by atoms with Crippen LogP contribution in [0.15, 0.2) is 6.07 Å². The Kier molecular flexibility index (Phi) is 4.59. The SMILES string of the molecule is Cc1cc(C)c2c(C)c(C(=O)NCC(C)(C)N(C)C)sc2n1. The highest BCUT2D eigenvalue weighted by atomic mass is 32.1. The van der Waals surface area contributed by atoms with Gasteiger partial charge in [-0.2, -0.15) is 0 Å². The Hall–Kier alpha value is -1.46. The number of pyridine rings is 1. The van der Waals surface area contributed by atoms with Crippen molar-refractivity contribution in [2.75, 3.05) is 20.6 Å². The molecule has 1 N–H and O–H groups in total. The molecule has 0 aromatic carbocycles. The van der Waals surface area contributed by atoms with Gasteiger partial charge in [0.1, 0.15) is 4.83 Å². The Morgan fingerprint density at radius 1 is 1.32 bits per heavy atom. The number of fused-ring (bicyclic) bond motifs is 1. The average molecular weight is 319 g/mol. The molecule has 0 unspecified atom stereocenters. The van der Waals surface area contributed by atoms with Crippen molar-refractivity contribution in [2.45, 2.75) is 40.2 Å². The minimum absolute atomic E-state index is 0.00696. The lowest BCUT2D eigenvalue weighted by molar-refractivity contribution is 0.0923. The molecule has 0 bridgehead atoms. The van der Waals surface area contributed by atoms with Crippen LogP contribution >= 0.6 is 11.3 Å². The number of carbonyl (C=O) groups excluding carboxylic acids is 1. The van der Waals surface area contributed by atoms with Gasteiger partial charge in [-0.1, -0.05) is 0 Å². The molecule has 22 heavy (non-hydrogen) atoms. The molecule has 0 atom stereocenters. The third-order valence-electron chi connectivity index (χ3n) is 4.32. The van der Waals surface area contributed by atoms with Crippen LogP contribution in [0.3, 0.4) is 0 Å². The summed E-state index contributed by atoms with van der Waals surface area (Å²) in [6, 6.07) is 2.07. The molecule has 4 nitrogen and oxygen atoms in total. The van der Waals surface area contributed by atoms with E-state index < -0.39 is 0 Å². The standard InChI is InChI=1S/C17H25N3OS/c1-10-8-11(2)19-16-13(10)12(3)14(22-16)15(21)18-9-17(4,5)20(6)7/h8H,9H2,1-7H3,(H,18,21). The maximum atomic E-state index is 12.6. The van der Waals surface area contributed by atoms with Crippen LogP contribution in [0.1, 0.15) is 40.3 Å². The van der Waals surface area contributed by atoms with E-state index in [9.17, 15) is 4.79 Å². The Balaban J connectivity index is 2.30. The van der Waals surface area contributed by atoms with Gasteiger partial charge in [0.05, 0.1) is 4.88 Å². The molecule has 0 fully saturated rings. The van der Waals surface area contributed by atoms with Crippen molar-refractivity contribution in [1.82, 2.24) is 15.2 Å². The van der Waals surface area contributed by atoms with Crippen LogP contribution in [0.2, 0.25) is 0 Å². The second-order valence-corrected chi connectivity index (χ2v) is 7.71. The lowest BCUT2D eigenvalue weighted by Crippen LogP contribution is -2.48. The van der Waals surface area contributed by atoms with Crippen LogP contribution in [0.25, 0.3) is 10.2 Å². The number of rotatable bonds is 4. The van der Waals surface area contributed by atoms with Crippen LogP contribution in [-0.4, -0.2) is 42.0 Å². The molecule has 1 amide bonds. The highest BCUT2D eigenvalue weighted by Crippen LogP contribution is 2.32. The molecule has 120 valence electrons. The molecular weight excluding hydrogens is 294 g/mol. The second kappa shape index (κ2) is 5.97. The van der Waals surface area contributed by atoms with Crippen LogP contribution in [0.4, 0.5) is 0 Å². The van der Waals surface area contributed by atoms with Crippen molar-refractivity contribution in [1.29, 1.82) is 0 Å². The molecule has 2 rings (SSSR count). The quantitative estimate of drug-likeness (QED) is 0.940. The Morgan fingerprint density at radius 2 is 1.95 bits per heavy atom. The summed E-state index contributed by atoms with van der Waals surface area (Å²) in [7, 11) is 4.04. The van der Waals surface area contributed by atoms with E-state index in [0.29, 0.717) is 6.54 Å². The number of aromatic nitrogens is 1. The van der Waals surface area contributed by atoms with E-state index in [1.807, 2.05) is 27.9 Å². The topological polar surface area (TPSA) is 45.2 Å². The van der Waals surface area contributed by atoms with Crippen molar-refractivity contribution in [3.63, 3.8) is 0 Å². The summed E-state index contributed by atoms with van der Waals surface area (Å²) in [6.45, 7) is 10.9. The fourth-order valence-electron chi connectivity index (χ4n) is 2.37.